The standard InChI is InChI=1S/C9H18N2O4/c1-5-7(11-9(13)15-4)6(2)10-8(12)14-3/h6-7H,5H2,1-4H3,(H,10,12)(H,11,13). The molecule has 88 valence electrons. The monoisotopic (exact) mass is 218 g/mol. The van der Waals surface area contributed by atoms with Crippen molar-refractivity contribution in [1.82, 2.24) is 10.6 Å². The lowest BCUT2D eigenvalue weighted by atomic mass is 10.1. The molecule has 2 amide bonds. The molecule has 0 aliphatic carbocycles. The number of carbonyl (C=O) groups excluding carboxylic acids is 2. The second-order valence-corrected chi connectivity index (χ2v) is 3.08. The van der Waals surface area contributed by atoms with Crippen LogP contribution >= 0.6 is 0 Å². The summed E-state index contributed by atoms with van der Waals surface area (Å²) in [5, 5.41) is 5.19. The molecule has 6 heteroatoms. The molecule has 0 aliphatic heterocycles. The first-order valence-corrected chi connectivity index (χ1v) is 4.74. The number of amides is 2. The first-order valence-electron chi connectivity index (χ1n) is 4.74. The third kappa shape index (κ3) is 5.09. The number of methoxy groups -OCH3 is 2. The molecule has 0 spiro atoms. The predicted octanol–water partition coefficient (Wildman–Crippen LogP) is 0.865. The van der Waals surface area contributed by atoms with Gasteiger partial charge in [-0.05, 0) is 13.3 Å². The highest BCUT2D eigenvalue weighted by Crippen LogP contribution is 1.99. The maximum Gasteiger partial charge on any atom is 0.407 e. The van der Waals surface area contributed by atoms with Crippen LogP contribution in [0.4, 0.5) is 9.59 Å². The van der Waals surface area contributed by atoms with Crippen LogP contribution in [0, 0.1) is 0 Å². The summed E-state index contributed by atoms with van der Waals surface area (Å²) in [6, 6.07) is -0.405. The molecule has 0 aromatic heterocycles. The summed E-state index contributed by atoms with van der Waals surface area (Å²) in [7, 11) is 2.58. The maximum atomic E-state index is 11.0. The number of rotatable bonds is 4. The molecule has 0 fully saturated rings. The Morgan fingerprint density at radius 3 is 2.00 bits per heavy atom. The molecule has 6 nitrogen and oxygen atoms in total. The minimum absolute atomic E-state index is 0.184. The summed E-state index contributed by atoms with van der Waals surface area (Å²) in [6.45, 7) is 3.68. The van der Waals surface area contributed by atoms with Crippen molar-refractivity contribution in [3.05, 3.63) is 0 Å². The summed E-state index contributed by atoms with van der Waals surface area (Å²) < 4.78 is 8.92. The molecule has 0 aliphatic rings. The van der Waals surface area contributed by atoms with Crippen LogP contribution in [-0.2, 0) is 9.47 Å². The number of nitrogens with one attached hydrogen (secondary N) is 2. The van der Waals surface area contributed by atoms with E-state index in [1.807, 2.05) is 6.92 Å². The Morgan fingerprint density at radius 2 is 1.60 bits per heavy atom. The minimum atomic E-state index is -0.521. The molecule has 0 aromatic rings. The Labute approximate surface area is 89.3 Å². The highest BCUT2D eigenvalue weighted by atomic mass is 16.5. The molecule has 2 N–H and O–H groups in total. The van der Waals surface area contributed by atoms with Gasteiger partial charge in [-0.1, -0.05) is 6.92 Å². The van der Waals surface area contributed by atoms with Crippen LogP contribution in [0.3, 0.4) is 0 Å². The molecule has 2 unspecified atom stereocenters. The summed E-state index contributed by atoms with van der Waals surface area (Å²) in [5.41, 5.74) is 0. The van der Waals surface area contributed by atoms with Gasteiger partial charge < -0.3 is 20.1 Å². The van der Waals surface area contributed by atoms with Crippen molar-refractivity contribution in [3.8, 4) is 0 Å². The predicted molar refractivity (Wildman–Crippen MR) is 54.6 cm³/mol. The van der Waals surface area contributed by atoms with Crippen molar-refractivity contribution < 1.29 is 19.1 Å². The van der Waals surface area contributed by atoms with E-state index in [0.717, 1.165) is 0 Å². The Kier molecular flexibility index (Phi) is 6.24. The van der Waals surface area contributed by atoms with Crippen molar-refractivity contribution >= 4 is 12.2 Å². The van der Waals surface area contributed by atoms with Gasteiger partial charge in [0.05, 0.1) is 20.3 Å². The van der Waals surface area contributed by atoms with Crippen LogP contribution < -0.4 is 10.6 Å². The molecule has 0 saturated carbocycles. The Balaban J connectivity index is 4.15. The number of hydrogen-bond acceptors (Lipinski definition) is 4. The van der Waals surface area contributed by atoms with Crippen LogP contribution in [0.1, 0.15) is 20.3 Å². The van der Waals surface area contributed by atoms with E-state index in [2.05, 4.69) is 20.1 Å². The van der Waals surface area contributed by atoms with E-state index in [-0.39, 0.29) is 12.1 Å². The summed E-state index contributed by atoms with van der Waals surface area (Å²) in [4.78, 5) is 21.9. The lowest BCUT2D eigenvalue weighted by Gasteiger charge is -2.23. The van der Waals surface area contributed by atoms with Gasteiger partial charge in [0.1, 0.15) is 0 Å². The second kappa shape index (κ2) is 6.92. The average Bonchev–Trinajstić information content (AvgIpc) is 2.24. The van der Waals surface area contributed by atoms with Crippen molar-refractivity contribution in [2.75, 3.05) is 14.2 Å². The van der Waals surface area contributed by atoms with Crippen molar-refractivity contribution in [2.24, 2.45) is 0 Å². The fourth-order valence-corrected chi connectivity index (χ4v) is 1.14. The molecule has 0 rings (SSSR count). The van der Waals surface area contributed by atoms with E-state index in [9.17, 15) is 9.59 Å². The molecule has 15 heavy (non-hydrogen) atoms. The zero-order valence-corrected chi connectivity index (χ0v) is 9.49. The molecule has 0 saturated heterocycles. The highest BCUT2D eigenvalue weighted by Gasteiger charge is 2.19. The minimum Gasteiger partial charge on any atom is -0.453 e. The van der Waals surface area contributed by atoms with E-state index in [4.69, 9.17) is 0 Å². The van der Waals surface area contributed by atoms with Gasteiger partial charge in [-0.15, -0.1) is 0 Å². The molecule has 0 heterocycles. The third-order valence-electron chi connectivity index (χ3n) is 2.06. The number of carbonyl (C=O) groups is 2. The van der Waals surface area contributed by atoms with Crippen LogP contribution in [0.5, 0.6) is 0 Å². The van der Waals surface area contributed by atoms with Gasteiger partial charge in [-0.25, -0.2) is 9.59 Å². The van der Waals surface area contributed by atoms with Gasteiger partial charge >= 0.3 is 12.2 Å². The fourth-order valence-electron chi connectivity index (χ4n) is 1.14. The summed E-state index contributed by atoms with van der Waals surface area (Å²) in [6.07, 6.45) is -0.353. The maximum absolute atomic E-state index is 11.0. The summed E-state index contributed by atoms with van der Waals surface area (Å²) >= 11 is 0. The number of hydrogen-bond donors (Lipinski definition) is 2. The van der Waals surface area contributed by atoms with Gasteiger partial charge in [0.25, 0.3) is 0 Å². The van der Waals surface area contributed by atoms with Crippen LogP contribution in [-0.4, -0.2) is 38.5 Å². The average molecular weight is 218 g/mol. The second-order valence-electron chi connectivity index (χ2n) is 3.08. The van der Waals surface area contributed by atoms with Crippen molar-refractivity contribution in [1.29, 1.82) is 0 Å². The van der Waals surface area contributed by atoms with E-state index < -0.39 is 12.2 Å². The van der Waals surface area contributed by atoms with Crippen LogP contribution in [0.15, 0.2) is 0 Å². The molecule has 0 bridgehead atoms. The van der Waals surface area contributed by atoms with Crippen molar-refractivity contribution in [3.63, 3.8) is 0 Å². The number of ether oxygens (including phenoxy) is 2. The zero-order valence-electron chi connectivity index (χ0n) is 9.49. The van der Waals surface area contributed by atoms with E-state index >= 15 is 0 Å². The summed E-state index contributed by atoms with van der Waals surface area (Å²) in [5.74, 6) is 0. The molecule has 2 atom stereocenters. The molecular weight excluding hydrogens is 200 g/mol. The van der Waals surface area contributed by atoms with Gasteiger partial charge in [-0.3, -0.25) is 0 Å². The van der Waals surface area contributed by atoms with Gasteiger partial charge in [-0.2, -0.15) is 0 Å². The van der Waals surface area contributed by atoms with Crippen molar-refractivity contribution in [2.45, 2.75) is 32.4 Å². The van der Waals surface area contributed by atoms with E-state index in [0.29, 0.717) is 6.42 Å². The number of alkyl carbamates (subject to hydrolysis) is 2. The van der Waals surface area contributed by atoms with E-state index in [1.165, 1.54) is 14.2 Å². The van der Waals surface area contributed by atoms with Crippen LogP contribution in [0.25, 0.3) is 0 Å². The lowest BCUT2D eigenvalue weighted by Crippen LogP contribution is -2.49. The Morgan fingerprint density at radius 1 is 1.13 bits per heavy atom. The normalized spacial score (nSPS) is 13.6. The van der Waals surface area contributed by atoms with Gasteiger partial charge in [0.15, 0.2) is 0 Å². The first kappa shape index (κ1) is 13.5. The zero-order chi connectivity index (χ0) is 11.8. The Bertz CT molecular complexity index is 220. The van der Waals surface area contributed by atoms with E-state index in [1.54, 1.807) is 6.92 Å². The molecule has 0 radical (unpaired) electrons. The Hall–Kier alpha value is -1.46. The smallest absolute Gasteiger partial charge is 0.407 e. The largest absolute Gasteiger partial charge is 0.453 e. The molecule has 0 aromatic carbocycles. The SMILES string of the molecule is CCC(NC(=O)OC)C(C)NC(=O)OC. The topological polar surface area (TPSA) is 76.7 Å². The van der Waals surface area contributed by atoms with Gasteiger partial charge in [0.2, 0.25) is 0 Å². The first-order chi connectivity index (χ1) is 7.04. The third-order valence-corrected chi connectivity index (χ3v) is 2.06. The van der Waals surface area contributed by atoms with Gasteiger partial charge in [0, 0.05) is 6.04 Å². The highest BCUT2D eigenvalue weighted by molar-refractivity contribution is 5.69. The quantitative estimate of drug-likeness (QED) is 0.734. The lowest BCUT2D eigenvalue weighted by molar-refractivity contribution is 0.154. The molecular formula is C9H18N2O4. The van der Waals surface area contributed by atoms with Crippen LogP contribution in [0.2, 0.25) is 0 Å². The fraction of sp³-hybridized carbons (Fsp3) is 0.778.